The molecule has 0 unspecified atom stereocenters. The van der Waals surface area contributed by atoms with Crippen LogP contribution in [0.2, 0.25) is 0 Å². The van der Waals surface area contributed by atoms with E-state index in [9.17, 15) is 4.91 Å². The first-order valence-corrected chi connectivity index (χ1v) is 8.18. The number of hydrogen-bond acceptors (Lipinski definition) is 4. The van der Waals surface area contributed by atoms with Gasteiger partial charge in [-0.15, -0.1) is 16.7 Å². The van der Waals surface area contributed by atoms with Crippen LogP contribution in [0.3, 0.4) is 0 Å². The molecule has 0 saturated carbocycles. The molecule has 1 aliphatic rings. The third-order valence-electron chi connectivity index (χ3n) is 4.00. The summed E-state index contributed by atoms with van der Waals surface area (Å²) in [6.07, 6.45) is 4.91. The summed E-state index contributed by atoms with van der Waals surface area (Å²) in [6, 6.07) is 8.30. The Hall–Kier alpha value is -0.870. The molecular weight excluding hydrogens is 256 g/mol. The molecule has 0 atom stereocenters. The van der Waals surface area contributed by atoms with Gasteiger partial charge in [0.25, 0.3) is 0 Å². The molecule has 1 fully saturated rings. The van der Waals surface area contributed by atoms with Crippen LogP contribution < -0.4 is 0 Å². The first-order valence-electron chi connectivity index (χ1n) is 6.95. The highest BCUT2D eigenvalue weighted by Crippen LogP contribution is 2.37. The summed E-state index contributed by atoms with van der Waals surface area (Å²) >= 11 is 1.71. The predicted molar refractivity (Wildman–Crippen MR) is 81.7 cm³/mol. The van der Waals surface area contributed by atoms with Crippen molar-refractivity contribution in [2.75, 3.05) is 25.9 Å². The summed E-state index contributed by atoms with van der Waals surface area (Å²) in [4.78, 5) is 15.1. The van der Waals surface area contributed by atoms with Gasteiger partial charge in [-0.05, 0) is 49.8 Å². The summed E-state index contributed by atoms with van der Waals surface area (Å²) in [7, 11) is 0. The van der Waals surface area contributed by atoms with Gasteiger partial charge >= 0.3 is 0 Å². The average molecular weight is 278 g/mol. The van der Waals surface area contributed by atoms with Crippen molar-refractivity contribution in [2.24, 2.45) is 5.18 Å². The van der Waals surface area contributed by atoms with Gasteiger partial charge in [-0.3, -0.25) is 0 Å². The van der Waals surface area contributed by atoms with Crippen molar-refractivity contribution in [3.05, 3.63) is 34.7 Å². The summed E-state index contributed by atoms with van der Waals surface area (Å²) < 4.78 is 0. The highest BCUT2D eigenvalue weighted by molar-refractivity contribution is 7.98. The molecule has 3 nitrogen and oxygen atoms in total. The number of benzene rings is 1. The Labute approximate surface area is 119 Å². The monoisotopic (exact) mass is 278 g/mol. The topological polar surface area (TPSA) is 32.7 Å². The molecule has 1 aromatic carbocycles. The van der Waals surface area contributed by atoms with Gasteiger partial charge in [-0.25, -0.2) is 0 Å². The Balaban J connectivity index is 2.17. The van der Waals surface area contributed by atoms with Crippen LogP contribution in [-0.2, 0) is 5.54 Å². The fourth-order valence-electron chi connectivity index (χ4n) is 2.81. The largest absolute Gasteiger partial charge is 0.303 e. The third kappa shape index (κ3) is 3.18. The van der Waals surface area contributed by atoms with Gasteiger partial charge in [0.1, 0.15) is 5.54 Å². The number of piperidine rings is 1. The lowest BCUT2D eigenvalue weighted by Gasteiger charge is -2.37. The van der Waals surface area contributed by atoms with E-state index in [-0.39, 0.29) is 0 Å². The molecule has 0 N–H and O–H groups in total. The molecule has 0 bridgehead atoms. The minimum atomic E-state index is -0.504. The second-order valence-corrected chi connectivity index (χ2v) is 6.08. The zero-order valence-corrected chi connectivity index (χ0v) is 12.6. The van der Waals surface area contributed by atoms with Crippen molar-refractivity contribution in [3.8, 4) is 0 Å². The van der Waals surface area contributed by atoms with E-state index in [0.29, 0.717) is 0 Å². The molecule has 0 aliphatic carbocycles. The SMILES string of the molecule is CCCN1CCC(N=O)(c2cccc(SC)c2)CC1. The molecular formula is C15H22N2OS. The zero-order chi connectivity index (χ0) is 13.7. The van der Waals surface area contributed by atoms with Gasteiger partial charge in [0.15, 0.2) is 0 Å². The van der Waals surface area contributed by atoms with Crippen molar-refractivity contribution in [1.29, 1.82) is 0 Å². The number of nitroso groups, excluding NO2 is 1. The number of hydrogen-bond donors (Lipinski definition) is 0. The number of likely N-dealkylation sites (tertiary alicyclic amines) is 1. The van der Waals surface area contributed by atoms with Gasteiger partial charge < -0.3 is 4.90 Å². The second-order valence-electron chi connectivity index (χ2n) is 5.20. The number of rotatable bonds is 5. The van der Waals surface area contributed by atoms with E-state index in [0.717, 1.165) is 38.0 Å². The smallest absolute Gasteiger partial charge is 0.130 e. The van der Waals surface area contributed by atoms with Crippen LogP contribution in [0.25, 0.3) is 0 Å². The third-order valence-corrected chi connectivity index (χ3v) is 4.73. The molecule has 104 valence electrons. The molecule has 0 radical (unpaired) electrons. The highest BCUT2D eigenvalue weighted by Gasteiger charge is 2.37. The normalized spacial score (nSPS) is 19.3. The summed E-state index contributed by atoms with van der Waals surface area (Å²) in [5.74, 6) is 0. The van der Waals surface area contributed by atoms with E-state index in [1.807, 2.05) is 6.07 Å². The lowest BCUT2D eigenvalue weighted by Crippen LogP contribution is -2.41. The van der Waals surface area contributed by atoms with Crippen molar-refractivity contribution in [2.45, 2.75) is 36.6 Å². The van der Waals surface area contributed by atoms with E-state index in [4.69, 9.17) is 0 Å². The lowest BCUT2D eigenvalue weighted by atomic mass is 9.82. The maximum Gasteiger partial charge on any atom is 0.130 e. The zero-order valence-electron chi connectivity index (χ0n) is 11.8. The van der Waals surface area contributed by atoms with E-state index >= 15 is 0 Å². The van der Waals surface area contributed by atoms with Crippen LogP contribution in [-0.4, -0.2) is 30.8 Å². The summed E-state index contributed by atoms with van der Waals surface area (Å²) in [5, 5.41) is 3.53. The van der Waals surface area contributed by atoms with Crippen molar-refractivity contribution >= 4 is 11.8 Å². The van der Waals surface area contributed by atoms with E-state index in [1.165, 1.54) is 11.3 Å². The number of thioether (sulfide) groups is 1. The van der Waals surface area contributed by atoms with E-state index in [1.54, 1.807) is 11.8 Å². The molecule has 0 aromatic heterocycles. The molecule has 1 aliphatic heterocycles. The van der Waals surface area contributed by atoms with Gasteiger partial charge in [0.2, 0.25) is 0 Å². The molecule has 4 heteroatoms. The molecule has 19 heavy (non-hydrogen) atoms. The van der Waals surface area contributed by atoms with Crippen LogP contribution in [0.5, 0.6) is 0 Å². The van der Waals surface area contributed by atoms with Crippen LogP contribution in [0.1, 0.15) is 31.7 Å². The molecule has 1 saturated heterocycles. The fraction of sp³-hybridized carbons (Fsp3) is 0.600. The van der Waals surface area contributed by atoms with E-state index < -0.39 is 5.54 Å². The van der Waals surface area contributed by atoms with Crippen LogP contribution in [0.4, 0.5) is 0 Å². The van der Waals surface area contributed by atoms with Gasteiger partial charge in [0, 0.05) is 18.0 Å². The van der Waals surface area contributed by atoms with Crippen molar-refractivity contribution in [1.82, 2.24) is 4.90 Å². The van der Waals surface area contributed by atoms with Gasteiger partial charge in [-0.2, -0.15) is 0 Å². The quantitative estimate of drug-likeness (QED) is 0.605. The Morgan fingerprint density at radius 1 is 1.37 bits per heavy atom. The Morgan fingerprint density at radius 3 is 2.68 bits per heavy atom. The first-order chi connectivity index (χ1) is 9.24. The maximum absolute atomic E-state index is 11.5. The first kappa shape index (κ1) is 14.5. The van der Waals surface area contributed by atoms with Crippen LogP contribution >= 0.6 is 11.8 Å². The maximum atomic E-state index is 11.5. The molecule has 1 aromatic rings. The predicted octanol–water partition coefficient (Wildman–Crippen LogP) is 3.88. The van der Waals surface area contributed by atoms with Crippen LogP contribution in [0.15, 0.2) is 34.3 Å². The van der Waals surface area contributed by atoms with Crippen LogP contribution in [0, 0.1) is 4.91 Å². The molecule has 1 heterocycles. The second kappa shape index (κ2) is 6.53. The number of nitrogens with zero attached hydrogens (tertiary/aromatic N) is 2. The van der Waals surface area contributed by atoms with Crippen molar-refractivity contribution < 1.29 is 0 Å². The lowest BCUT2D eigenvalue weighted by molar-refractivity contribution is 0.162. The van der Waals surface area contributed by atoms with Crippen molar-refractivity contribution in [3.63, 3.8) is 0 Å². The Kier molecular flexibility index (Phi) is 4.99. The minimum absolute atomic E-state index is 0.504. The molecule has 0 spiro atoms. The fourth-order valence-corrected chi connectivity index (χ4v) is 3.27. The summed E-state index contributed by atoms with van der Waals surface area (Å²) in [5.41, 5.74) is 0.584. The Morgan fingerprint density at radius 2 is 2.11 bits per heavy atom. The Bertz CT molecular complexity index is 428. The average Bonchev–Trinajstić information content (AvgIpc) is 2.49. The van der Waals surface area contributed by atoms with Gasteiger partial charge in [0.05, 0.1) is 0 Å². The standard InChI is InChI=1S/C15H22N2OS/c1-3-9-17-10-7-15(16-18,8-11-17)13-5-4-6-14(12-13)19-2/h4-6,12H,3,7-11H2,1-2H3. The minimum Gasteiger partial charge on any atom is -0.303 e. The molecule has 0 amide bonds. The van der Waals surface area contributed by atoms with E-state index in [2.05, 4.69) is 41.5 Å². The molecule has 2 rings (SSSR count). The van der Waals surface area contributed by atoms with Gasteiger partial charge in [-0.1, -0.05) is 24.2 Å². The highest BCUT2D eigenvalue weighted by atomic mass is 32.2. The summed E-state index contributed by atoms with van der Waals surface area (Å²) in [6.45, 7) is 5.27.